The van der Waals surface area contributed by atoms with Crippen LogP contribution in [0.4, 0.5) is 5.82 Å². The Morgan fingerprint density at radius 2 is 2.04 bits per heavy atom. The molecule has 1 amide bonds. The summed E-state index contributed by atoms with van der Waals surface area (Å²) in [5.74, 6) is 1.33. The first-order valence-electron chi connectivity index (χ1n) is 7.90. The average molecular weight is 349 g/mol. The highest BCUT2D eigenvalue weighted by Gasteiger charge is 2.37. The molecule has 0 aliphatic heterocycles. The predicted octanol–water partition coefficient (Wildman–Crippen LogP) is 2.87. The minimum absolute atomic E-state index is 0.134. The van der Waals surface area contributed by atoms with Crippen LogP contribution in [0.15, 0.2) is 30.3 Å². The van der Waals surface area contributed by atoms with Crippen molar-refractivity contribution in [1.29, 1.82) is 0 Å². The van der Waals surface area contributed by atoms with E-state index in [1.165, 1.54) is 0 Å². The lowest BCUT2D eigenvalue weighted by atomic mass is 9.78. The number of nitrogen functional groups attached to an aromatic ring is 1. The fraction of sp³-hybridized carbons (Fsp3) is 0.412. The molecule has 1 aromatic carbocycles. The molecule has 0 radical (unpaired) electrons. The van der Waals surface area contributed by atoms with E-state index in [0.717, 1.165) is 18.5 Å². The van der Waals surface area contributed by atoms with Crippen LogP contribution in [0.3, 0.4) is 0 Å². The fourth-order valence-corrected chi connectivity index (χ4v) is 2.88. The van der Waals surface area contributed by atoms with Gasteiger partial charge in [0, 0.05) is 28.7 Å². The zero-order chi connectivity index (χ0) is 17.3. The number of rotatable bonds is 5. The lowest BCUT2D eigenvalue weighted by Gasteiger charge is -2.37. The quantitative estimate of drug-likeness (QED) is 0.774. The Kier molecular flexibility index (Phi) is 4.41. The Hall–Kier alpha value is -2.21. The van der Waals surface area contributed by atoms with Gasteiger partial charge in [-0.3, -0.25) is 9.89 Å². The number of H-pyrrole nitrogens is 1. The summed E-state index contributed by atoms with van der Waals surface area (Å²) in [5.41, 5.74) is 5.68. The van der Waals surface area contributed by atoms with Crippen molar-refractivity contribution in [2.75, 3.05) is 5.73 Å². The highest BCUT2D eigenvalue weighted by molar-refractivity contribution is 6.30. The maximum atomic E-state index is 12.5. The third kappa shape index (κ3) is 3.64. The Bertz CT molecular complexity index is 720. The molecule has 0 bridgehead atoms. The zero-order valence-electron chi connectivity index (χ0n) is 13.7. The highest BCUT2D eigenvalue weighted by atomic mass is 35.5. The van der Waals surface area contributed by atoms with E-state index in [1.807, 2.05) is 6.07 Å². The first-order valence-corrected chi connectivity index (χ1v) is 8.27. The molecule has 1 aliphatic carbocycles. The minimum Gasteiger partial charge on any atom is -0.478 e. The molecule has 1 fully saturated rings. The van der Waals surface area contributed by atoms with E-state index in [4.69, 9.17) is 22.1 Å². The summed E-state index contributed by atoms with van der Waals surface area (Å²) < 4.78 is 5.80. The van der Waals surface area contributed by atoms with Gasteiger partial charge in [0.2, 0.25) is 0 Å². The molecule has 0 spiro atoms. The first kappa shape index (κ1) is 16.6. The number of aromatic nitrogens is 2. The third-order valence-corrected chi connectivity index (χ3v) is 4.52. The second-order valence-corrected chi connectivity index (χ2v) is 7.09. The van der Waals surface area contributed by atoms with Gasteiger partial charge in [-0.25, -0.2) is 0 Å². The predicted molar refractivity (Wildman–Crippen MR) is 93.1 cm³/mol. The van der Waals surface area contributed by atoms with Crippen LogP contribution in [-0.4, -0.2) is 27.7 Å². The normalized spacial score (nSPS) is 20.3. The number of carbonyl (C=O) groups is 1. The van der Waals surface area contributed by atoms with Gasteiger partial charge in [-0.1, -0.05) is 11.6 Å². The molecule has 1 aliphatic rings. The number of aromatic amines is 1. The van der Waals surface area contributed by atoms with Gasteiger partial charge in [0.1, 0.15) is 11.6 Å². The van der Waals surface area contributed by atoms with Crippen molar-refractivity contribution in [3.05, 3.63) is 41.0 Å². The van der Waals surface area contributed by atoms with E-state index in [9.17, 15) is 4.79 Å². The number of amides is 1. The molecule has 1 aromatic heterocycles. The molecule has 0 atom stereocenters. The Morgan fingerprint density at radius 3 is 2.62 bits per heavy atom. The van der Waals surface area contributed by atoms with Gasteiger partial charge in [0.25, 0.3) is 5.91 Å². The van der Waals surface area contributed by atoms with Gasteiger partial charge in [-0.2, -0.15) is 5.10 Å². The molecular weight excluding hydrogens is 328 g/mol. The van der Waals surface area contributed by atoms with Crippen molar-refractivity contribution >= 4 is 23.3 Å². The number of anilines is 1. The van der Waals surface area contributed by atoms with Crippen LogP contribution in [0.2, 0.25) is 5.02 Å². The van der Waals surface area contributed by atoms with Crippen molar-refractivity contribution < 1.29 is 9.53 Å². The largest absolute Gasteiger partial charge is 0.478 e. The number of nitrogens with two attached hydrogens (primary N) is 1. The first-order chi connectivity index (χ1) is 11.3. The molecule has 1 saturated carbocycles. The van der Waals surface area contributed by atoms with Crippen LogP contribution in [0.1, 0.15) is 38.3 Å². The Morgan fingerprint density at radius 1 is 1.38 bits per heavy atom. The molecule has 128 valence electrons. The number of nitrogens with zero attached hydrogens (tertiary/aromatic N) is 1. The van der Waals surface area contributed by atoms with Gasteiger partial charge in [-0.05, 0) is 51.0 Å². The van der Waals surface area contributed by atoms with Crippen molar-refractivity contribution in [3.8, 4) is 5.75 Å². The van der Waals surface area contributed by atoms with Crippen LogP contribution in [-0.2, 0) is 4.79 Å². The van der Waals surface area contributed by atoms with Crippen LogP contribution in [0.25, 0.3) is 0 Å². The van der Waals surface area contributed by atoms with E-state index in [-0.39, 0.29) is 11.9 Å². The van der Waals surface area contributed by atoms with E-state index in [0.29, 0.717) is 22.5 Å². The number of benzene rings is 1. The van der Waals surface area contributed by atoms with Crippen molar-refractivity contribution in [2.45, 2.75) is 44.2 Å². The second kappa shape index (κ2) is 6.36. The maximum Gasteiger partial charge on any atom is 0.263 e. The molecule has 24 heavy (non-hydrogen) atoms. The van der Waals surface area contributed by atoms with Gasteiger partial charge >= 0.3 is 0 Å². The van der Waals surface area contributed by atoms with Gasteiger partial charge < -0.3 is 15.8 Å². The molecule has 6 nitrogen and oxygen atoms in total. The standard InChI is InChI=1S/C17H21ClN4O2/c1-17(2,24-13-5-3-11(18)4-6-13)16(23)20-12-7-10(8-12)14-9-15(19)22-21-14/h3-6,9-10,12H,7-8H2,1-2H3,(H,20,23)(H3,19,21,22). The third-order valence-electron chi connectivity index (χ3n) is 4.26. The van der Waals surface area contributed by atoms with Crippen LogP contribution >= 0.6 is 11.6 Å². The molecule has 0 unspecified atom stereocenters. The van der Waals surface area contributed by atoms with Crippen LogP contribution in [0, 0.1) is 0 Å². The number of hydrogen-bond acceptors (Lipinski definition) is 4. The maximum absolute atomic E-state index is 12.5. The number of nitrogens with one attached hydrogen (secondary N) is 2. The van der Waals surface area contributed by atoms with Crippen molar-refractivity contribution in [1.82, 2.24) is 15.5 Å². The molecular formula is C17H21ClN4O2. The molecule has 4 N–H and O–H groups in total. The number of halogens is 1. The summed E-state index contributed by atoms with van der Waals surface area (Å²) in [5, 5.41) is 10.5. The lowest BCUT2D eigenvalue weighted by Crippen LogP contribution is -2.53. The van der Waals surface area contributed by atoms with E-state index in [1.54, 1.807) is 38.1 Å². The van der Waals surface area contributed by atoms with E-state index in [2.05, 4.69) is 15.5 Å². The van der Waals surface area contributed by atoms with Gasteiger partial charge in [0.05, 0.1) is 0 Å². The number of hydrogen-bond donors (Lipinski definition) is 3. The molecule has 7 heteroatoms. The van der Waals surface area contributed by atoms with Crippen LogP contribution in [0.5, 0.6) is 5.75 Å². The topological polar surface area (TPSA) is 93.0 Å². The fourth-order valence-electron chi connectivity index (χ4n) is 2.75. The van der Waals surface area contributed by atoms with E-state index < -0.39 is 5.60 Å². The molecule has 0 saturated heterocycles. The lowest BCUT2D eigenvalue weighted by molar-refractivity contribution is -0.135. The van der Waals surface area contributed by atoms with E-state index >= 15 is 0 Å². The van der Waals surface area contributed by atoms with Crippen molar-refractivity contribution in [3.63, 3.8) is 0 Å². The molecule has 3 rings (SSSR count). The Balaban J connectivity index is 1.52. The number of carbonyl (C=O) groups excluding carboxylic acids is 1. The summed E-state index contributed by atoms with van der Waals surface area (Å²) in [4.78, 5) is 12.5. The summed E-state index contributed by atoms with van der Waals surface area (Å²) in [7, 11) is 0. The monoisotopic (exact) mass is 348 g/mol. The van der Waals surface area contributed by atoms with Gasteiger partial charge in [0.15, 0.2) is 5.60 Å². The summed E-state index contributed by atoms with van der Waals surface area (Å²) in [6.45, 7) is 3.51. The van der Waals surface area contributed by atoms with Gasteiger partial charge in [-0.15, -0.1) is 0 Å². The minimum atomic E-state index is -0.961. The average Bonchev–Trinajstić information content (AvgIpc) is 2.90. The van der Waals surface area contributed by atoms with Crippen LogP contribution < -0.4 is 15.8 Å². The summed E-state index contributed by atoms with van der Waals surface area (Å²) in [6.07, 6.45) is 1.73. The smallest absolute Gasteiger partial charge is 0.263 e. The molecule has 2 aromatic rings. The second-order valence-electron chi connectivity index (χ2n) is 6.65. The van der Waals surface area contributed by atoms with Crippen molar-refractivity contribution in [2.24, 2.45) is 0 Å². The molecule has 1 heterocycles. The summed E-state index contributed by atoms with van der Waals surface area (Å²) in [6, 6.07) is 8.95. The zero-order valence-corrected chi connectivity index (χ0v) is 14.4. The summed E-state index contributed by atoms with van der Waals surface area (Å²) >= 11 is 5.86. The Labute approximate surface area is 145 Å². The number of ether oxygens (including phenoxy) is 1. The highest BCUT2D eigenvalue weighted by Crippen LogP contribution is 2.36. The SMILES string of the molecule is CC(C)(Oc1ccc(Cl)cc1)C(=O)NC1CC(c2cc(N)n[nH]2)C1.